The zero-order valence-corrected chi connectivity index (χ0v) is 16.3. The first kappa shape index (κ1) is 15.9. The van der Waals surface area contributed by atoms with E-state index in [4.69, 9.17) is 4.42 Å². The van der Waals surface area contributed by atoms with E-state index in [2.05, 4.69) is 58.3 Å². The van der Waals surface area contributed by atoms with Gasteiger partial charge in [-0.15, -0.1) is 11.3 Å². The molecule has 0 unspecified atom stereocenters. The Labute approximate surface area is 155 Å². The molecule has 0 fully saturated rings. The lowest BCUT2D eigenvalue weighted by molar-refractivity contribution is 0.0929. The number of nitrogens with one attached hydrogen (secondary N) is 1. The number of carbonyl (C=O) groups is 1. The lowest BCUT2D eigenvalue weighted by Gasteiger charge is -1.95. The average Bonchev–Trinajstić information content (AvgIpc) is 3.05. The number of hydrazone groups is 1. The normalized spacial score (nSPS) is 11.4. The third kappa shape index (κ3) is 3.51. The topological polar surface area (TPSA) is 54.6 Å². The van der Waals surface area contributed by atoms with Crippen molar-refractivity contribution in [3.8, 4) is 0 Å². The first-order chi connectivity index (χ1) is 10.5. The molecule has 0 saturated heterocycles. The van der Waals surface area contributed by atoms with E-state index in [-0.39, 0.29) is 5.76 Å². The predicted molar refractivity (Wildman–Crippen MR) is 98.7 cm³/mol. The van der Waals surface area contributed by atoms with Gasteiger partial charge in [0.25, 0.3) is 0 Å². The van der Waals surface area contributed by atoms with E-state index in [1.807, 2.05) is 24.3 Å². The summed E-state index contributed by atoms with van der Waals surface area (Å²) in [6, 6.07) is 9.24. The number of rotatable bonds is 3. The van der Waals surface area contributed by atoms with Gasteiger partial charge in [-0.2, -0.15) is 5.10 Å². The number of hydrogen-bond donors (Lipinski definition) is 1. The average molecular weight is 507 g/mol. The van der Waals surface area contributed by atoms with E-state index in [0.717, 1.165) is 23.0 Å². The smallest absolute Gasteiger partial charge is 0.307 e. The van der Waals surface area contributed by atoms with E-state index in [1.165, 1.54) is 11.3 Å². The van der Waals surface area contributed by atoms with Crippen LogP contribution >= 0.6 is 59.1 Å². The van der Waals surface area contributed by atoms with Crippen LogP contribution in [0, 0.1) is 0 Å². The van der Waals surface area contributed by atoms with Gasteiger partial charge in [0.2, 0.25) is 0 Å². The van der Waals surface area contributed by atoms with Crippen LogP contribution in [0.25, 0.3) is 11.0 Å². The van der Waals surface area contributed by atoms with Gasteiger partial charge < -0.3 is 4.42 Å². The molecule has 0 saturated carbocycles. The summed E-state index contributed by atoms with van der Waals surface area (Å²) in [5, 5.41) is 4.76. The molecule has 0 bridgehead atoms. The molecule has 2 heterocycles. The predicted octanol–water partition coefficient (Wildman–Crippen LogP) is 5.55. The molecule has 0 atom stereocenters. The summed E-state index contributed by atoms with van der Waals surface area (Å²) in [5.74, 6) is -0.190. The van der Waals surface area contributed by atoms with Crippen LogP contribution in [0.4, 0.5) is 0 Å². The molecule has 3 rings (SSSR count). The lowest BCUT2D eigenvalue weighted by atomic mass is 10.2. The second kappa shape index (κ2) is 6.66. The maximum Gasteiger partial charge on any atom is 0.307 e. The van der Waals surface area contributed by atoms with Gasteiger partial charge in [0.15, 0.2) is 5.76 Å². The Hall–Kier alpha value is -0.960. The first-order valence-corrected chi connectivity index (χ1v) is 9.20. The Balaban J connectivity index is 1.77. The van der Waals surface area contributed by atoms with Crippen molar-refractivity contribution in [2.75, 3.05) is 0 Å². The second-order valence-electron chi connectivity index (χ2n) is 4.26. The van der Waals surface area contributed by atoms with Crippen molar-refractivity contribution in [1.82, 2.24) is 5.43 Å². The van der Waals surface area contributed by atoms with Gasteiger partial charge in [-0.3, -0.25) is 4.79 Å². The minimum atomic E-state index is -0.397. The molecule has 2 aromatic heterocycles. The summed E-state index contributed by atoms with van der Waals surface area (Å²) in [7, 11) is 0. The molecule has 22 heavy (non-hydrogen) atoms. The standard InChI is InChI=1S/C14H7Br3N2O2S/c15-8-3-7-4-11(21-13(7)10(16)5-8)14(20)19-18-6-9-1-2-12(17)22-9/h1-6H,(H,19,20)/b18-6-. The van der Waals surface area contributed by atoms with Gasteiger partial charge in [0.05, 0.1) is 14.5 Å². The molecule has 1 N–H and O–H groups in total. The molecule has 3 aromatic rings. The van der Waals surface area contributed by atoms with Crippen LogP contribution in [0.2, 0.25) is 0 Å². The van der Waals surface area contributed by atoms with Crippen LogP contribution in [0.3, 0.4) is 0 Å². The van der Waals surface area contributed by atoms with Crippen molar-refractivity contribution in [1.29, 1.82) is 0 Å². The van der Waals surface area contributed by atoms with Crippen molar-refractivity contribution in [2.45, 2.75) is 0 Å². The van der Waals surface area contributed by atoms with Crippen LogP contribution in [0.15, 0.2) is 52.6 Å². The van der Waals surface area contributed by atoms with Gasteiger partial charge in [0.1, 0.15) is 5.58 Å². The summed E-state index contributed by atoms with van der Waals surface area (Å²) in [6.07, 6.45) is 1.59. The maximum absolute atomic E-state index is 12.1. The zero-order chi connectivity index (χ0) is 15.7. The van der Waals surface area contributed by atoms with E-state index < -0.39 is 5.91 Å². The van der Waals surface area contributed by atoms with Crippen LogP contribution in [-0.2, 0) is 0 Å². The molecule has 1 aromatic carbocycles. The zero-order valence-electron chi connectivity index (χ0n) is 10.8. The molecule has 1 amide bonds. The van der Waals surface area contributed by atoms with Crippen LogP contribution in [-0.4, -0.2) is 12.1 Å². The highest BCUT2D eigenvalue weighted by atomic mass is 79.9. The quantitative estimate of drug-likeness (QED) is 0.374. The van der Waals surface area contributed by atoms with Gasteiger partial charge in [0, 0.05) is 14.7 Å². The van der Waals surface area contributed by atoms with E-state index >= 15 is 0 Å². The minimum absolute atomic E-state index is 0.207. The van der Waals surface area contributed by atoms with Gasteiger partial charge in [-0.1, -0.05) is 15.9 Å². The number of fused-ring (bicyclic) bond motifs is 1. The molecule has 0 aliphatic heterocycles. The van der Waals surface area contributed by atoms with Crippen molar-refractivity contribution < 1.29 is 9.21 Å². The Morgan fingerprint density at radius 2 is 2.05 bits per heavy atom. The SMILES string of the molecule is O=C(N/N=C\c1ccc(Br)s1)c1cc2cc(Br)cc(Br)c2o1. The maximum atomic E-state index is 12.1. The summed E-state index contributed by atoms with van der Waals surface area (Å²) < 4.78 is 8.26. The van der Waals surface area contributed by atoms with E-state index in [1.54, 1.807) is 12.3 Å². The number of furan rings is 1. The molecule has 0 aliphatic carbocycles. The monoisotopic (exact) mass is 504 g/mol. The number of carbonyl (C=O) groups excluding carboxylic acids is 1. The highest BCUT2D eigenvalue weighted by Crippen LogP contribution is 2.30. The third-order valence-electron chi connectivity index (χ3n) is 2.71. The fourth-order valence-corrected chi connectivity index (χ4v) is 4.43. The molecule has 4 nitrogen and oxygen atoms in total. The summed E-state index contributed by atoms with van der Waals surface area (Å²) in [5.41, 5.74) is 3.08. The molecule has 8 heteroatoms. The summed E-state index contributed by atoms with van der Waals surface area (Å²) >= 11 is 11.7. The van der Waals surface area contributed by atoms with Crippen molar-refractivity contribution in [3.63, 3.8) is 0 Å². The van der Waals surface area contributed by atoms with E-state index in [0.29, 0.717) is 5.58 Å². The number of halogens is 3. The highest BCUT2D eigenvalue weighted by molar-refractivity contribution is 9.11. The number of hydrogen-bond acceptors (Lipinski definition) is 4. The molecular weight excluding hydrogens is 500 g/mol. The van der Waals surface area contributed by atoms with Crippen molar-refractivity contribution in [2.24, 2.45) is 5.10 Å². The Bertz CT molecular complexity index is 885. The van der Waals surface area contributed by atoms with Crippen molar-refractivity contribution >= 4 is 82.2 Å². The fraction of sp³-hybridized carbons (Fsp3) is 0. The second-order valence-corrected chi connectivity index (χ2v) is 8.52. The first-order valence-electron chi connectivity index (χ1n) is 6.00. The number of amides is 1. The van der Waals surface area contributed by atoms with Crippen LogP contribution in [0.5, 0.6) is 0 Å². The molecule has 0 spiro atoms. The summed E-state index contributed by atoms with van der Waals surface area (Å²) in [4.78, 5) is 13.0. The Morgan fingerprint density at radius 1 is 1.23 bits per heavy atom. The fourth-order valence-electron chi connectivity index (χ4n) is 1.79. The third-order valence-corrected chi connectivity index (χ3v) is 5.32. The van der Waals surface area contributed by atoms with Crippen LogP contribution in [0.1, 0.15) is 15.4 Å². The number of thiophene rings is 1. The number of benzene rings is 1. The van der Waals surface area contributed by atoms with Gasteiger partial charge >= 0.3 is 5.91 Å². The Morgan fingerprint density at radius 3 is 2.77 bits per heavy atom. The highest BCUT2D eigenvalue weighted by Gasteiger charge is 2.14. The Kier molecular flexibility index (Phi) is 4.82. The van der Waals surface area contributed by atoms with Crippen molar-refractivity contribution in [3.05, 3.63) is 53.7 Å². The largest absolute Gasteiger partial charge is 0.450 e. The number of nitrogens with zero attached hydrogens (tertiary/aromatic N) is 1. The molecule has 0 radical (unpaired) electrons. The van der Waals surface area contributed by atoms with Gasteiger partial charge in [-0.25, -0.2) is 5.43 Å². The van der Waals surface area contributed by atoms with Crippen LogP contribution < -0.4 is 5.43 Å². The van der Waals surface area contributed by atoms with E-state index in [9.17, 15) is 4.79 Å². The molecule has 112 valence electrons. The summed E-state index contributed by atoms with van der Waals surface area (Å²) in [6.45, 7) is 0. The molecule has 0 aliphatic rings. The minimum Gasteiger partial charge on any atom is -0.450 e. The lowest BCUT2D eigenvalue weighted by Crippen LogP contribution is -2.16. The molecular formula is C14H7Br3N2O2S. The van der Waals surface area contributed by atoms with Gasteiger partial charge in [-0.05, 0) is 62.2 Å².